The van der Waals surface area contributed by atoms with Crippen molar-refractivity contribution in [2.24, 2.45) is 0 Å². The van der Waals surface area contributed by atoms with Gasteiger partial charge in [0.05, 0.1) is 13.2 Å². The van der Waals surface area contributed by atoms with E-state index in [4.69, 9.17) is 0 Å². The van der Waals surface area contributed by atoms with Crippen molar-refractivity contribution >= 4 is 21.7 Å². The second kappa shape index (κ2) is 5.23. The molecule has 1 rings (SSSR count). The smallest absolute Gasteiger partial charge is 0.328 e. The summed E-state index contributed by atoms with van der Waals surface area (Å²) >= 11 is 0. The molecule has 0 bridgehead atoms. The third kappa shape index (κ3) is 2.99. The van der Waals surface area contributed by atoms with Crippen LogP contribution in [-0.2, 0) is 24.2 Å². The number of ether oxygens (including phenoxy) is 1. The summed E-state index contributed by atoms with van der Waals surface area (Å²) in [6.45, 7) is 1.20. The number of esters is 1. The van der Waals surface area contributed by atoms with Gasteiger partial charge < -0.3 is 14.7 Å². The van der Waals surface area contributed by atoms with Gasteiger partial charge in [-0.25, -0.2) is 13.2 Å². The maximum atomic E-state index is 12.0. The minimum absolute atomic E-state index is 0.0571. The molecular weight excluding hydrogens is 262 g/mol. The lowest BCUT2D eigenvalue weighted by molar-refractivity contribution is -0.150. The molecule has 1 fully saturated rings. The van der Waals surface area contributed by atoms with Gasteiger partial charge in [0.25, 0.3) is 0 Å². The molecule has 0 radical (unpaired) electrons. The molecule has 18 heavy (non-hydrogen) atoms. The third-order valence-corrected chi connectivity index (χ3v) is 4.51. The number of rotatable bonds is 3. The Hall–Kier alpha value is -1.15. The number of aliphatic hydroxyl groups is 1. The molecule has 0 spiro atoms. The predicted molar refractivity (Wildman–Crippen MR) is 62.4 cm³/mol. The van der Waals surface area contributed by atoms with Gasteiger partial charge in [-0.1, -0.05) is 0 Å². The van der Waals surface area contributed by atoms with Crippen LogP contribution in [-0.4, -0.2) is 67.6 Å². The third-order valence-electron chi connectivity index (χ3n) is 3.03. The summed E-state index contributed by atoms with van der Waals surface area (Å²) in [5.41, 5.74) is 0. The molecule has 0 aromatic heterocycles. The summed E-state index contributed by atoms with van der Waals surface area (Å²) in [5, 5.41) is 8.26. The van der Waals surface area contributed by atoms with Gasteiger partial charge in [0.1, 0.15) is 11.3 Å². The second-order valence-electron chi connectivity index (χ2n) is 4.39. The normalized spacial score (nSPS) is 25.9. The summed E-state index contributed by atoms with van der Waals surface area (Å²) in [6, 6.07) is -0.915. The van der Waals surface area contributed by atoms with Gasteiger partial charge in [-0.05, 0) is 6.92 Å². The Bertz CT molecular complexity index is 445. The lowest BCUT2D eigenvalue weighted by Gasteiger charge is -2.24. The maximum Gasteiger partial charge on any atom is 0.328 e. The molecule has 104 valence electrons. The Morgan fingerprint density at radius 2 is 2.00 bits per heavy atom. The van der Waals surface area contributed by atoms with Crippen LogP contribution in [0.25, 0.3) is 0 Å². The van der Waals surface area contributed by atoms with E-state index in [0.717, 1.165) is 11.2 Å². The van der Waals surface area contributed by atoms with E-state index >= 15 is 0 Å². The zero-order valence-electron chi connectivity index (χ0n) is 10.5. The predicted octanol–water partition coefficient (Wildman–Crippen LogP) is -1.45. The standard InChI is InChI=1S/C10H17NO6S/c1-6(18(3,15)16)9(13)11-5-7(12)4-8(11)10(14)17-2/h6-8,12H,4-5H2,1-3H3. The van der Waals surface area contributed by atoms with Crippen LogP contribution >= 0.6 is 0 Å². The number of sulfone groups is 1. The van der Waals surface area contributed by atoms with Crippen LogP contribution in [0.2, 0.25) is 0 Å². The van der Waals surface area contributed by atoms with E-state index in [9.17, 15) is 23.1 Å². The van der Waals surface area contributed by atoms with E-state index in [1.165, 1.54) is 14.0 Å². The number of hydrogen-bond donors (Lipinski definition) is 1. The highest BCUT2D eigenvalue weighted by Gasteiger charge is 2.42. The number of hydrogen-bond acceptors (Lipinski definition) is 6. The highest BCUT2D eigenvalue weighted by molar-refractivity contribution is 7.92. The van der Waals surface area contributed by atoms with Crippen molar-refractivity contribution in [2.75, 3.05) is 19.9 Å². The van der Waals surface area contributed by atoms with Gasteiger partial charge in [0.15, 0.2) is 9.84 Å². The van der Waals surface area contributed by atoms with Gasteiger partial charge in [0.2, 0.25) is 5.91 Å². The number of aliphatic hydroxyl groups excluding tert-OH is 1. The first-order chi connectivity index (χ1) is 8.18. The number of nitrogens with zero attached hydrogens (tertiary/aromatic N) is 1. The van der Waals surface area contributed by atoms with E-state index in [1.807, 2.05) is 0 Å². The molecule has 1 amide bonds. The monoisotopic (exact) mass is 279 g/mol. The molecule has 0 aromatic carbocycles. The zero-order chi connectivity index (χ0) is 14.1. The Labute approximate surface area is 106 Å². The van der Waals surface area contributed by atoms with Crippen molar-refractivity contribution in [1.82, 2.24) is 4.90 Å². The number of carbonyl (C=O) groups is 2. The van der Waals surface area contributed by atoms with E-state index in [2.05, 4.69) is 4.74 Å². The number of β-amino-alcohol motifs (C(OH)–C–C–N with tert-alkyl or cyclic N) is 1. The van der Waals surface area contributed by atoms with Crippen LogP contribution in [0, 0.1) is 0 Å². The number of amides is 1. The van der Waals surface area contributed by atoms with Crippen molar-refractivity contribution in [3.63, 3.8) is 0 Å². The van der Waals surface area contributed by atoms with Crippen LogP contribution in [0.15, 0.2) is 0 Å². The van der Waals surface area contributed by atoms with Crippen LogP contribution in [0.5, 0.6) is 0 Å². The molecule has 1 aliphatic heterocycles. The zero-order valence-corrected chi connectivity index (χ0v) is 11.3. The molecule has 8 heteroatoms. The number of carbonyl (C=O) groups excluding carboxylic acids is 2. The highest BCUT2D eigenvalue weighted by atomic mass is 32.2. The summed E-state index contributed by atoms with van der Waals surface area (Å²) in [4.78, 5) is 24.5. The first kappa shape index (κ1) is 14.9. The quantitative estimate of drug-likeness (QED) is 0.635. The van der Waals surface area contributed by atoms with Gasteiger partial charge in [-0.15, -0.1) is 0 Å². The average molecular weight is 279 g/mol. The minimum Gasteiger partial charge on any atom is -0.467 e. The van der Waals surface area contributed by atoms with Crippen LogP contribution in [0.3, 0.4) is 0 Å². The summed E-state index contributed by atoms with van der Waals surface area (Å²) < 4.78 is 27.2. The van der Waals surface area contributed by atoms with Crippen molar-refractivity contribution < 1.29 is 27.9 Å². The molecule has 0 aliphatic carbocycles. The summed E-state index contributed by atoms with van der Waals surface area (Å²) in [5.74, 6) is -1.34. The van der Waals surface area contributed by atoms with Gasteiger partial charge in [-0.3, -0.25) is 4.79 Å². The van der Waals surface area contributed by atoms with Gasteiger partial charge in [-0.2, -0.15) is 0 Å². The highest BCUT2D eigenvalue weighted by Crippen LogP contribution is 2.21. The average Bonchev–Trinajstić information content (AvgIpc) is 2.67. The van der Waals surface area contributed by atoms with Crippen molar-refractivity contribution in [3.05, 3.63) is 0 Å². The van der Waals surface area contributed by atoms with Crippen LogP contribution in [0.1, 0.15) is 13.3 Å². The van der Waals surface area contributed by atoms with Crippen molar-refractivity contribution in [3.8, 4) is 0 Å². The fourth-order valence-corrected chi connectivity index (χ4v) is 2.34. The molecule has 1 saturated heterocycles. The van der Waals surface area contributed by atoms with E-state index in [0.29, 0.717) is 0 Å². The largest absolute Gasteiger partial charge is 0.467 e. The molecule has 1 N–H and O–H groups in total. The molecular formula is C10H17NO6S. The van der Waals surface area contributed by atoms with Crippen molar-refractivity contribution in [2.45, 2.75) is 30.7 Å². The first-order valence-corrected chi connectivity index (χ1v) is 7.39. The lowest BCUT2D eigenvalue weighted by atomic mass is 10.2. The molecule has 3 unspecified atom stereocenters. The second-order valence-corrected chi connectivity index (χ2v) is 6.76. The molecule has 0 aromatic rings. The van der Waals surface area contributed by atoms with Crippen LogP contribution < -0.4 is 0 Å². The topological polar surface area (TPSA) is 101 Å². The summed E-state index contributed by atoms with van der Waals surface area (Å²) in [6.07, 6.45) is 0.175. The number of likely N-dealkylation sites (tertiary alicyclic amines) is 1. The van der Waals surface area contributed by atoms with Gasteiger partial charge in [0, 0.05) is 19.2 Å². The maximum absolute atomic E-state index is 12.0. The Kier molecular flexibility index (Phi) is 4.33. The molecule has 3 atom stereocenters. The van der Waals surface area contributed by atoms with E-state index in [-0.39, 0.29) is 13.0 Å². The minimum atomic E-state index is -3.54. The fourth-order valence-electron chi connectivity index (χ4n) is 1.83. The Morgan fingerprint density at radius 1 is 1.44 bits per heavy atom. The molecule has 7 nitrogen and oxygen atoms in total. The number of methoxy groups -OCH3 is 1. The lowest BCUT2D eigenvalue weighted by Crippen LogP contribution is -2.47. The SMILES string of the molecule is COC(=O)C1CC(O)CN1C(=O)C(C)S(C)(=O)=O. The molecule has 1 aliphatic rings. The Morgan fingerprint density at radius 3 is 2.44 bits per heavy atom. The van der Waals surface area contributed by atoms with E-state index in [1.54, 1.807) is 0 Å². The van der Waals surface area contributed by atoms with Gasteiger partial charge >= 0.3 is 5.97 Å². The Balaban J connectivity index is 2.93. The summed E-state index contributed by atoms with van der Waals surface area (Å²) in [7, 11) is -2.36. The van der Waals surface area contributed by atoms with Crippen LogP contribution in [0.4, 0.5) is 0 Å². The first-order valence-electron chi connectivity index (χ1n) is 5.43. The fraction of sp³-hybridized carbons (Fsp3) is 0.800. The molecule has 1 heterocycles. The van der Waals surface area contributed by atoms with Crippen molar-refractivity contribution in [1.29, 1.82) is 0 Å². The molecule has 0 saturated carbocycles. The van der Waals surface area contributed by atoms with E-state index < -0.39 is 39.1 Å².